The van der Waals surface area contributed by atoms with Crippen molar-refractivity contribution < 1.29 is 28.2 Å². The lowest BCUT2D eigenvalue weighted by Gasteiger charge is -2.22. The number of carbonyl (C=O) groups excluding carboxylic acids is 2. The van der Waals surface area contributed by atoms with Gasteiger partial charge in [-0.3, -0.25) is 4.79 Å². The van der Waals surface area contributed by atoms with Gasteiger partial charge < -0.3 is 19.1 Å². The number of hydrogen-bond donors (Lipinski definition) is 0. The standard InChI is InChI=1S/C20H17ClFNO5/c21-15-7-13(8-17-19(15)28-11-27-17)20(25)26-10-18(24)23(14-5-6-14)9-12-3-1-2-4-16(12)22/h1-4,7-8,14H,5-6,9-11H2. The monoisotopic (exact) mass is 405 g/mol. The summed E-state index contributed by atoms with van der Waals surface area (Å²) in [5.41, 5.74) is 0.589. The van der Waals surface area contributed by atoms with Gasteiger partial charge in [0.05, 0.1) is 10.6 Å². The normalized spacial score (nSPS) is 14.6. The van der Waals surface area contributed by atoms with Crippen LogP contribution in [0.4, 0.5) is 4.39 Å². The van der Waals surface area contributed by atoms with Crippen molar-refractivity contribution >= 4 is 23.5 Å². The molecular formula is C20H17ClFNO5. The van der Waals surface area contributed by atoms with Crippen molar-refractivity contribution in [3.05, 3.63) is 58.4 Å². The van der Waals surface area contributed by atoms with Crippen molar-refractivity contribution in [2.45, 2.75) is 25.4 Å². The zero-order valence-corrected chi connectivity index (χ0v) is 15.6. The molecule has 0 radical (unpaired) electrons. The van der Waals surface area contributed by atoms with Gasteiger partial charge in [-0.2, -0.15) is 0 Å². The van der Waals surface area contributed by atoms with Crippen molar-refractivity contribution in [2.75, 3.05) is 13.4 Å². The van der Waals surface area contributed by atoms with Crippen LogP contribution >= 0.6 is 11.6 Å². The summed E-state index contributed by atoms with van der Waals surface area (Å²) in [6.45, 7) is -0.266. The zero-order valence-electron chi connectivity index (χ0n) is 14.8. The van der Waals surface area contributed by atoms with Crippen LogP contribution < -0.4 is 9.47 Å². The maximum Gasteiger partial charge on any atom is 0.338 e. The first kappa shape index (κ1) is 18.6. The van der Waals surface area contributed by atoms with Crippen LogP contribution in [0.3, 0.4) is 0 Å². The molecular weight excluding hydrogens is 389 g/mol. The van der Waals surface area contributed by atoms with E-state index < -0.39 is 12.6 Å². The molecule has 2 aliphatic rings. The Kier molecular flexibility index (Phi) is 5.09. The van der Waals surface area contributed by atoms with Gasteiger partial charge in [0.15, 0.2) is 18.1 Å². The van der Waals surface area contributed by atoms with Crippen LogP contribution in [0, 0.1) is 5.82 Å². The molecule has 2 aromatic carbocycles. The Balaban J connectivity index is 1.40. The Morgan fingerprint density at radius 1 is 1.21 bits per heavy atom. The Labute approximate surface area is 165 Å². The predicted molar refractivity (Wildman–Crippen MR) is 97.8 cm³/mol. The molecule has 146 valence electrons. The first-order valence-corrected chi connectivity index (χ1v) is 9.20. The summed E-state index contributed by atoms with van der Waals surface area (Å²) in [4.78, 5) is 26.5. The molecule has 1 aliphatic carbocycles. The molecule has 28 heavy (non-hydrogen) atoms. The van der Waals surface area contributed by atoms with E-state index in [4.69, 9.17) is 25.8 Å². The Morgan fingerprint density at radius 2 is 2.00 bits per heavy atom. The maximum atomic E-state index is 13.9. The van der Waals surface area contributed by atoms with Gasteiger partial charge in [0.25, 0.3) is 5.91 Å². The molecule has 2 aromatic rings. The van der Waals surface area contributed by atoms with Crippen LogP contribution in [0.5, 0.6) is 11.5 Å². The summed E-state index contributed by atoms with van der Waals surface area (Å²) < 4.78 is 29.5. The SMILES string of the molecule is O=C(OCC(=O)N(Cc1ccccc1F)C1CC1)c1cc(Cl)c2c(c1)OCO2. The summed E-state index contributed by atoms with van der Waals surface area (Å²) in [7, 11) is 0. The second-order valence-electron chi connectivity index (χ2n) is 6.61. The number of rotatable bonds is 6. The average molecular weight is 406 g/mol. The van der Waals surface area contributed by atoms with Crippen LogP contribution in [0.1, 0.15) is 28.8 Å². The van der Waals surface area contributed by atoms with E-state index in [1.54, 1.807) is 23.1 Å². The van der Waals surface area contributed by atoms with E-state index in [1.165, 1.54) is 18.2 Å². The highest BCUT2D eigenvalue weighted by atomic mass is 35.5. The van der Waals surface area contributed by atoms with Crippen LogP contribution in [-0.2, 0) is 16.1 Å². The Bertz CT molecular complexity index is 931. The number of amides is 1. The maximum absolute atomic E-state index is 13.9. The number of esters is 1. The number of ether oxygens (including phenoxy) is 3. The third-order valence-electron chi connectivity index (χ3n) is 4.60. The lowest BCUT2D eigenvalue weighted by molar-refractivity contribution is -0.135. The van der Waals surface area contributed by atoms with E-state index >= 15 is 0 Å². The minimum absolute atomic E-state index is 0.0262. The van der Waals surface area contributed by atoms with E-state index in [0.717, 1.165) is 12.8 Å². The first-order valence-electron chi connectivity index (χ1n) is 8.82. The van der Waals surface area contributed by atoms with Crippen molar-refractivity contribution in [2.24, 2.45) is 0 Å². The van der Waals surface area contributed by atoms with E-state index in [-0.39, 0.29) is 41.7 Å². The Morgan fingerprint density at radius 3 is 2.75 bits per heavy atom. The highest BCUT2D eigenvalue weighted by Gasteiger charge is 2.33. The average Bonchev–Trinajstić information content (AvgIpc) is 3.41. The summed E-state index contributed by atoms with van der Waals surface area (Å²) in [6, 6.07) is 9.22. The molecule has 0 atom stereocenters. The molecule has 0 aromatic heterocycles. The fourth-order valence-electron chi connectivity index (χ4n) is 3.00. The molecule has 8 heteroatoms. The van der Waals surface area contributed by atoms with Gasteiger partial charge in [0, 0.05) is 18.2 Å². The van der Waals surface area contributed by atoms with Gasteiger partial charge in [-0.25, -0.2) is 9.18 Å². The second kappa shape index (κ2) is 7.67. The van der Waals surface area contributed by atoms with Gasteiger partial charge in [-0.15, -0.1) is 0 Å². The molecule has 1 aliphatic heterocycles. The van der Waals surface area contributed by atoms with Gasteiger partial charge in [0.1, 0.15) is 5.82 Å². The number of hydrogen-bond acceptors (Lipinski definition) is 5. The van der Waals surface area contributed by atoms with Crippen molar-refractivity contribution in [3.8, 4) is 11.5 Å². The van der Waals surface area contributed by atoms with Crippen LogP contribution in [0.15, 0.2) is 36.4 Å². The summed E-state index contributed by atoms with van der Waals surface area (Å²) in [5, 5.41) is 0.229. The molecule has 0 unspecified atom stereocenters. The van der Waals surface area contributed by atoms with Crippen molar-refractivity contribution in [1.82, 2.24) is 4.90 Å². The molecule has 0 N–H and O–H groups in total. The quantitative estimate of drug-likeness (QED) is 0.687. The smallest absolute Gasteiger partial charge is 0.338 e. The van der Waals surface area contributed by atoms with Crippen LogP contribution in [-0.4, -0.2) is 36.2 Å². The predicted octanol–water partition coefficient (Wildman–Crippen LogP) is 3.56. The van der Waals surface area contributed by atoms with Gasteiger partial charge >= 0.3 is 5.97 Å². The number of fused-ring (bicyclic) bond motifs is 1. The molecule has 1 fully saturated rings. The molecule has 0 bridgehead atoms. The van der Waals surface area contributed by atoms with E-state index in [0.29, 0.717) is 17.1 Å². The molecule has 1 amide bonds. The van der Waals surface area contributed by atoms with Gasteiger partial charge in [-0.05, 0) is 31.0 Å². The second-order valence-corrected chi connectivity index (χ2v) is 7.02. The van der Waals surface area contributed by atoms with Crippen molar-refractivity contribution in [1.29, 1.82) is 0 Å². The van der Waals surface area contributed by atoms with Gasteiger partial charge in [0.2, 0.25) is 6.79 Å². The third-order valence-corrected chi connectivity index (χ3v) is 4.88. The van der Waals surface area contributed by atoms with Crippen molar-refractivity contribution in [3.63, 3.8) is 0 Å². The summed E-state index contributed by atoms with van der Waals surface area (Å²) in [6.07, 6.45) is 1.71. The highest BCUT2D eigenvalue weighted by Crippen LogP contribution is 2.40. The third kappa shape index (κ3) is 3.89. The largest absolute Gasteiger partial charge is 0.454 e. The lowest BCUT2D eigenvalue weighted by atomic mass is 10.2. The minimum atomic E-state index is -0.699. The van der Waals surface area contributed by atoms with E-state index in [1.807, 2.05) is 0 Å². The molecule has 0 spiro atoms. The highest BCUT2D eigenvalue weighted by molar-refractivity contribution is 6.32. The number of benzene rings is 2. The zero-order chi connectivity index (χ0) is 19.7. The lowest BCUT2D eigenvalue weighted by Crippen LogP contribution is -2.36. The number of carbonyl (C=O) groups is 2. The first-order chi connectivity index (χ1) is 13.5. The number of halogens is 2. The minimum Gasteiger partial charge on any atom is -0.454 e. The van der Waals surface area contributed by atoms with Gasteiger partial charge in [-0.1, -0.05) is 29.8 Å². The van der Waals surface area contributed by atoms with Crippen LogP contribution in [0.2, 0.25) is 5.02 Å². The molecule has 0 saturated heterocycles. The number of nitrogens with zero attached hydrogens (tertiary/aromatic N) is 1. The topological polar surface area (TPSA) is 65.1 Å². The molecule has 6 nitrogen and oxygen atoms in total. The fraction of sp³-hybridized carbons (Fsp3) is 0.300. The summed E-state index contributed by atoms with van der Waals surface area (Å²) in [5.74, 6) is -0.710. The molecule has 4 rings (SSSR count). The summed E-state index contributed by atoms with van der Waals surface area (Å²) >= 11 is 6.06. The fourth-order valence-corrected chi connectivity index (χ4v) is 3.26. The Hall–Kier alpha value is -2.80. The van der Waals surface area contributed by atoms with Crippen LogP contribution in [0.25, 0.3) is 0 Å². The van der Waals surface area contributed by atoms with E-state index in [2.05, 4.69) is 0 Å². The molecule has 1 saturated carbocycles. The van der Waals surface area contributed by atoms with E-state index in [9.17, 15) is 14.0 Å². The molecule has 1 heterocycles.